The molecule has 2 unspecified atom stereocenters. The zero-order valence-electron chi connectivity index (χ0n) is 17.8. The van der Waals surface area contributed by atoms with Gasteiger partial charge in [-0.15, -0.1) is 24.0 Å². The van der Waals surface area contributed by atoms with Crippen LogP contribution in [-0.4, -0.2) is 73.2 Å². The monoisotopic (exact) mass is 479 g/mol. The fraction of sp³-hybridized carbons (Fsp3) is 0.950. The minimum absolute atomic E-state index is 0. The first-order valence-corrected chi connectivity index (χ1v) is 10.4. The highest BCUT2D eigenvalue weighted by atomic mass is 127. The molecule has 2 bridgehead atoms. The Morgan fingerprint density at radius 3 is 2.19 bits per heavy atom. The van der Waals surface area contributed by atoms with Crippen LogP contribution in [0.25, 0.3) is 0 Å². The Labute approximate surface area is 178 Å². The molecule has 2 fully saturated rings. The maximum absolute atomic E-state index is 4.45. The third kappa shape index (κ3) is 6.82. The van der Waals surface area contributed by atoms with Gasteiger partial charge in [0.15, 0.2) is 5.96 Å². The van der Waals surface area contributed by atoms with Gasteiger partial charge in [0.05, 0.1) is 0 Å². The first kappa shape index (κ1) is 24.0. The lowest BCUT2D eigenvalue weighted by Gasteiger charge is -2.47. The SMILES string of the molecule is CN=C(NCCCN(C(C)C)C(C)C)NC1CC2CCCC(C1)N2C.I. The molecule has 0 aromatic heterocycles. The van der Waals surface area contributed by atoms with E-state index in [0.29, 0.717) is 18.1 Å². The smallest absolute Gasteiger partial charge is 0.191 e. The number of nitrogens with zero attached hydrogens (tertiary/aromatic N) is 3. The first-order valence-electron chi connectivity index (χ1n) is 10.4. The number of guanidine groups is 1. The van der Waals surface area contributed by atoms with E-state index in [1.54, 1.807) is 0 Å². The molecular formula is C20H42IN5. The average molecular weight is 479 g/mol. The van der Waals surface area contributed by atoms with Crippen molar-refractivity contribution < 1.29 is 0 Å². The molecule has 2 aliphatic heterocycles. The third-order valence-corrected chi connectivity index (χ3v) is 6.12. The van der Waals surface area contributed by atoms with E-state index < -0.39 is 0 Å². The fourth-order valence-electron chi connectivity index (χ4n) is 4.70. The van der Waals surface area contributed by atoms with Gasteiger partial charge < -0.3 is 15.5 Å². The van der Waals surface area contributed by atoms with Gasteiger partial charge >= 0.3 is 0 Å². The van der Waals surface area contributed by atoms with Gasteiger partial charge in [-0.25, -0.2) is 0 Å². The first-order chi connectivity index (χ1) is 11.9. The number of halogens is 1. The van der Waals surface area contributed by atoms with E-state index in [1.165, 1.54) is 32.1 Å². The zero-order valence-corrected chi connectivity index (χ0v) is 20.1. The predicted molar refractivity (Wildman–Crippen MR) is 124 cm³/mol. The zero-order chi connectivity index (χ0) is 18.4. The van der Waals surface area contributed by atoms with Crippen LogP contribution in [-0.2, 0) is 0 Å². The highest BCUT2D eigenvalue weighted by Gasteiger charge is 2.36. The van der Waals surface area contributed by atoms with E-state index in [0.717, 1.165) is 37.6 Å². The Morgan fingerprint density at radius 1 is 1.12 bits per heavy atom. The van der Waals surface area contributed by atoms with Crippen LogP contribution in [0.4, 0.5) is 0 Å². The topological polar surface area (TPSA) is 42.9 Å². The third-order valence-electron chi connectivity index (χ3n) is 6.12. The van der Waals surface area contributed by atoms with Crippen molar-refractivity contribution in [2.45, 2.75) is 96.4 Å². The molecule has 0 aromatic carbocycles. The molecule has 6 heteroatoms. The van der Waals surface area contributed by atoms with Crippen LogP contribution in [0, 0.1) is 0 Å². The average Bonchev–Trinajstić information content (AvgIpc) is 2.53. The molecule has 2 atom stereocenters. The number of nitrogens with one attached hydrogen (secondary N) is 2. The van der Waals surface area contributed by atoms with Crippen LogP contribution in [0.5, 0.6) is 0 Å². The summed E-state index contributed by atoms with van der Waals surface area (Å²) in [5, 5.41) is 7.21. The van der Waals surface area contributed by atoms with Crippen molar-refractivity contribution in [1.29, 1.82) is 0 Å². The Morgan fingerprint density at radius 2 is 1.69 bits per heavy atom. The summed E-state index contributed by atoms with van der Waals surface area (Å²) in [4.78, 5) is 9.62. The Hall–Kier alpha value is -0.0800. The van der Waals surface area contributed by atoms with Crippen LogP contribution >= 0.6 is 24.0 Å². The summed E-state index contributed by atoms with van der Waals surface area (Å²) in [7, 11) is 4.20. The summed E-state index contributed by atoms with van der Waals surface area (Å²) in [5.41, 5.74) is 0. The van der Waals surface area contributed by atoms with Crippen molar-refractivity contribution in [1.82, 2.24) is 20.4 Å². The Bertz CT molecular complexity index is 404. The molecule has 0 amide bonds. The molecular weight excluding hydrogens is 437 g/mol. The van der Waals surface area contributed by atoms with Gasteiger partial charge in [0.1, 0.15) is 0 Å². The van der Waals surface area contributed by atoms with Gasteiger partial charge in [-0.3, -0.25) is 9.89 Å². The minimum atomic E-state index is 0. The highest BCUT2D eigenvalue weighted by molar-refractivity contribution is 14.0. The number of rotatable bonds is 7. The van der Waals surface area contributed by atoms with Gasteiger partial charge in [0.2, 0.25) is 0 Å². The van der Waals surface area contributed by atoms with E-state index in [4.69, 9.17) is 0 Å². The van der Waals surface area contributed by atoms with Gasteiger partial charge in [-0.2, -0.15) is 0 Å². The summed E-state index contributed by atoms with van der Waals surface area (Å²) in [6.45, 7) is 11.2. The normalized spacial score (nSPS) is 27.0. The molecule has 26 heavy (non-hydrogen) atoms. The van der Waals surface area contributed by atoms with E-state index in [1.807, 2.05) is 7.05 Å². The summed E-state index contributed by atoms with van der Waals surface area (Å²) in [6.07, 6.45) is 7.77. The van der Waals surface area contributed by atoms with Crippen LogP contribution in [0.2, 0.25) is 0 Å². The van der Waals surface area contributed by atoms with Crippen LogP contribution < -0.4 is 10.6 Å². The number of piperidine rings is 2. The molecule has 2 saturated heterocycles. The summed E-state index contributed by atoms with van der Waals surface area (Å²) in [5.74, 6) is 0.980. The molecule has 0 saturated carbocycles. The van der Waals surface area contributed by atoms with Crippen molar-refractivity contribution in [2.75, 3.05) is 27.2 Å². The molecule has 2 rings (SSSR count). The summed E-state index contributed by atoms with van der Waals surface area (Å²) < 4.78 is 0. The molecule has 2 heterocycles. The van der Waals surface area contributed by atoms with Crippen molar-refractivity contribution >= 4 is 29.9 Å². The lowest BCUT2D eigenvalue weighted by Crippen LogP contribution is -2.56. The second-order valence-corrected chi connectivity index (χ2v) is 8.49. The Balaban J connectivity index is 0.00000338. The van der Waals surface area contributed by atoms with Crippen molar-refractivity contribution in [3.63, 3.8) is 0 Å². The van der Waals surface area contributed by atoms with Gasteiger partial charge in [0, 0.05) is 50.3 Å². The number of fused-ring (bicyclic) bond motifs is 2. The second kappa shape index (κ2) is 11.7. The molecule has 5 nitrogen and oxygen atoms in total. The maximum Gasteiger partial charge on any atom is 0.191 e. The molecule has 154 valence electrons. The van der Waals surface area contributed by atoms with Crippen molar-refractivity contribution in [3.8, 4) is 0 Å². The molecule has 0 radical (unpaired) electrons. The predicted octanol–water partition coefficient (Wildman–Crippen LogP) is 3.29. The quantitative estimate of drug-likeness (QED) is 0.255. The Kier molecular flexibility index (Phi) is 10.8. The second-order valence-electron chi connectivity index (χ2n) is 8.49. The standard InChI is InChI=1S/C20H41N5.HI/c1-15(2)25(16(3)4)12-8-11-22-20(21-5)23-17-13-18-9-7-10-19(14-17)24(18)6;/h15-19H,7-14H2,1-6H3,(H2,21,22,23);1H. The number of hydrogen-bond donors (Lipinski definition) is 2. The largest absolute Gasteiger partial charge is 0.356 e. The molecule has 2 aliphatic rings. The van der Waals surface area contributed by atoms with E-state index in [9.17, 15) is 0 Å². The lowest BCUT2D eigenvalue weighted by atomic mass is 9.82. The van der Waals surface area contributed by atoms with Gasteiger partial charge in [0.25, 0.3) is 0 Å². The van der Waals surface area contributed by atoms with E-state index >= 15 is 0 Å². The number of hydrogen-bond acceptors (Lipinski definition) is 3. The molecule has 0 spiro atoms. The maximum atomic E-state index is 4.45. The highest BCUT2D eigenvalue weighted by Crippen LogP contribution is 2.32. The van der Waals surface area contributed by atoms with Gasteiger partial charge in [-0.05, 0) is 66.8 Å². The van der Waals surface area contributed by atoms with E-state index in [-0.39, 0.29) is 24.0 Å². The van der Waals surface area contributed by atoms with Crippen LogP contribution in [0.15, 0.2) is 4.99 Å². The van der Waals surface area contributed by atoms with Crippen molar-refractivity contribution in [2.24, 2.45) is 4.99 Å². The fourth-order valence-corrected chi connectivity index (χ4v) is 4.70. The van der Waals surface area contributed by atoms with Crippen LogP contribution in [0.1, 0.15) is 66.2 Å². The minimum Gasteiger partial charge on any atom is -0.356 e. The van der Waals surface area contributed by atoms with Crippen molar-refractivity contribution in [3.05, 3.63) is 0 Å². The van der Waals surface area contributed by atoms with E-state index in [2.05, 4.69) is 60.2 Å². The summed E-state index contributed by atoms with van der Waals surface area (Å²) in [6, 6.07) is 3.30. The van der Waals surface area contributed by atoms with Crippen LogP contribution in [0.3, 0.4) is 0 Å². The number of aliphatic imine (C=N–C) groups is 1. The summed E-state index contributed by atoms with van der Waals surface area (Å²) >= 11 is 0. The molecule has 0 aliphatic carbocycles. The van der Waals surface area contributed by atoms with Gasteiger partial charge in [-0.1, -0.05) is 6.42 Å². The molecule has 0 aromatic rings. The molecule has 2 N–H and O–H groups in total. The lowest BCUT2D eigenvalue weighted by molar-refractivity contribution is 0.0526.